The van der Waals surface area contributed by atoms with Gasteiger partial charge >= 0.3 is 0 Å². The highest BCUT2D eigenvalue weighted by atomic mass is 16.2. The van der Waals surface area contributed by atoms with Crippen LogP contribution in [0.25, 0.3) is 10.9 Å². The molecule has 3 aromatic carbocycles. The van der Waals surface area contributed by atoms with Crippen molar-refractivity contribution in [2.45, 2.75) is 25.3 Å². The summed E-state index contributed by atoms with van der Waals surface area (Å²) in [4.78, 5) is 45.9. The number of aromatic nitrogens is 1. The molecule has 7 nitrogen and oxygen atoms in total. The van der Waals surface area contributed by atoms with Crippen molar-refractivity contribution in [1.82, 2.24) is 9.88 Å². The van der Waals surface area contributed by atoms with Gasteiger partial charge in [-0.25, -0.2) is 4.90 Å². The van der Waals surface area contributed by atoms with Crippen molar-refractivity contribution in [1.29, 1.82) is 5.26 Å². The van der Waals surface area contributed by atoms with Crippen LogP contribution in [0.15, 0.2) is 85.1 Å². The van der Waals surface area contributed by atoms with E-state index in [2.05, 4.69) is 4.98 Å². The topological polar surface area (TPSA) is 97.3 Å². The number of nitrogens with one attached hydrogen (secondary N) is 1. The van der Waals surface area contributed by atoms with E-state index >= 15 is 0 Å². The second-order valence-electron chi connectivity index (χ2n) is 8.80. The molecule has 1 aliphatic heterocycles. The molecule has 178 valence electrons. The van der Waals surface area contributed by atoms with Crippen LogP contribution in [0.3, 0.4) is 0 Å². The van der Waals surface area contributed by atoms with E-state index in [1.54, 1.807) is 29.2 Å². The minimum absolute atomic E-state index is 0.0761. The Bertz CT molecular complexity index is 1470. The number of nitrogens with zero attached hydrogens (tertiary/aromatic N) is 3. The van der Waals surface area contributed by atoms with Crippen LogP contribution in [0.1, 0.15) is 23.1 Å². The summed E-state index contributed by atoms with van der Waals surface area (Å²) in [5.41, 5.74) is 3.74. The van der Waals surface area contributed by atoms with Crippen LogP contribution in [-0.2, 0) is 27.2 Å². The molecule has 1 N–H and O–H groups in total. The summed E-state index contributed by atoms with van der Waals surface area (Å²) < 4.78 is 0. The van der Waals surface area contributed by atoms with E-state index in [4.69, 9.17) is 5.26 Å². The standard InChI is InChI=1S/C29H24N4O3/c30-18-21-10-12-23(13-11-21)33-28(35)17-26(29(33)36)32(27(34)16-20-6-2-1-3-7-20)15-14-22-19-31-25-9-5-4-8-24(22)25/h1-13,19,26,31H,14-17H2. The van der Waals surface area contributed by atoms with Crippen molar-refractivity contribution < 1.29 is 14.4 Å². The number of rotatable bonds is 7. The molecule has 2 heterocycles. The van der Waals surface area contributed by atoms with E-state index < -0.39 is 11.9 Å². The number of para-hydroxylation sites is 1. The molecule has 0 radical (unpaired) electrons. The number of carbonyl (C=O) groups is 3. The Morgan fingerprint density at radius 2 is 1.72 bits per heavy atom. The van der Waals surface area contributed by atoms with Crippen LogP contribution >= 0.6 is 0 Å². The number of anilines is 1. The lowest BCUT2D eigenvalue weighted by atomic mass is 10.1. The molecule has 1 unspecified atom stereocenters. The largest absolute Gasteiger partial charge is 0.361 e. The number of amides is 3. The zero-order chi connectivity index (χ0) is 25.1. The number of benzene rings is 3. The number of imide groups is 1. The van der Waals surface area contributed by atoms with E-state index in [0.29, 0.717) is 24.2 Å². The van der Waals surface area contributed by atoms with Gasteiger partial charge in [-0.05, 0) is 47.9 Å². The molecule has 7 heteroatoms. The molecule has 1 aromatic heterocycles. The molecule has 1 fully saturated rings. The lowest BCUT2D eigenvalue weighted by molar-refractivity contribution is -0.137. The van der Waals surface area contributed by atoms with Crippen molar-refractivity contribution in [3.8, 4) is 6.07 Å². The van der Waals surface area contributed by atoms with Gasteiger partial charge in [0.1, 0.15) is 6.04 Å². The molecule has 1 atom stereocenters. The first-order valence-electron chi connectivity index (χ1n) is 11.8. The van der Waals surface area contributed by atoms with Crippen molar-refractivity contribution >= 4 is 34.3 Å². The Balaban J connectivity index is 1.42. The van der Waals surface area contributed by atoms with E-state index in [-0.39, 0.29) is 24.7 Å². The monoisotopic (exact) mass is 476 g/mol. The number of hydrogen-bond donors (Lipinski definition) is 1. The van der Waals surface area contributed by atoms with Crippen LogP contribution in [-0.4, -0.2) is 40.2 Å². The Morgan fingerprint density at radius 3 is 2.47 bits per heavy atom. The van der Waals surface area contributed by atoms with Gasteiger partial charge in [-0.1, -0.05) is 48.5 Å². The molecule has 0 spiro atoms. The van der Waals surface area contributed by atoms with Gasteiger partial charge in [0.15, 0.2) is 0 Å². The highest BCUT2D eigenvalue weighted by molar-refractivity contribution is 6.23. The fourth-order valence-electron chi connectivity index (χ4n) is 4.72. The molecular weight excluding hydrogens is 452 g/mol. The Labute approximate surface area is 208 Å². The molecule has 1 aliphatic rings. The second-order valence-corrected chi connectivity index (χ2v) is 8.80. The lowest BCUT2D eigenvalue weighted by Crippen LogP contribution is -2.47. The van der Waals surface area contributed by atoms with Gasteiger partial charge in [-0.15, -0.1) is 0 Å². The van der Waals surface area contributed by atoms with Gasteiger partial charge in [-0.3, -0.25) is 14.4 Å². The molecule has 0 aliphatic carbocycles. The lowest BCUT2D eigenvalue weighted by Gasteiger charge is -2.28. The molecular formula is C29H24N4O3. The molecule has 3 amide bonds. The van der Waals surface area contributed by atoms with Crippen LogP contribution < -0.4 is 4.90 Å². The summed E-state index contributed by atoms with van der Waals surface area (Å²) in [6.45, 7) is 0.304. The van der Waals surface area contributed by atoms with E-state index in [9.17, 15) is 14.4 Å². The third-order valence-electron chi connectivity index (χ3n) is 6.57. The van der Waals surface area contributed by atoms with Gasteiger partial charge in [-0.2, -0.15) is 5.26 Å². The van der Waals surface area contributed by atoms with Gasteiger partial charge in [0.05, 0.1) is 30.2 Å². The minimum Gasteiger partial charge on any atom is -0.361 e. The fraction of sp³-hybridized carbons (Fsp3) is 0.172. The SMILES string of the molecule is N#Cc1ccc(N2C(=O)CC(N(CCc3c[nH]c4ccccc34)C(=O)Cc3ccccc3)C2=O)cc1. The van der Waals surface area contributed by atoms with Gasteiger partial charge in [0, 0.05) is 23.6 Å². The summed E-state index contributed by atoms with van der Waals surface area (Å²) >= 11 is 0. The van der Waals surface area contributed by atoms with Gasteiger partial charge in [0.2, 0.25) is 11.8 Å². The van der Waals surface area contributed by atoms with Crippen LogP contribution in [0.2, 0.25) is 0 Å². The van der Waals surface area contributed by atoms with E-state index in [1.165, 1.54) is 0 Å². The highest BCUT2D eigenvalue weighted by Crippen LogP contribution is 2.27. The molecule has 0 bridgehead atoms. The van der Waals surface area contributed by atoms with Crippen molar-refractivity contribution in [2.75, 3.05) is 11.4 Å². The Hall–Kier alpha value is -4.70. The number of carbonyl (C=O) groups excluding carboxylic acids is 3. The summed E-state index contributed by atoms with van der Waals surface area (Å²) in [5, 5.41) is 10.1. The number of nitriles is 1. The normalized spacial score (nSPS) is 15.3. The summed E-state index contributed by atoms with van der Waals surface area (Å²) in [7, 11) is 0. The third-order valence-corrected chi connectivity index (χ3v) is 6.57. The number of aromatic amines is 1. The molecule has 1 saturated heterocycles. The van der Waals surface area contributed by atoms with Crippen molar-refractivity contribution in [3.05, 3.63) is 102 Å². The maximum atomic E-state index is 13.5. The number of H-pyrrole nitrogens is 1. The van der Waals surface area contributed by atoms with Gasteiger partial charge in [0.25, 0.3) is 5.91 Å². The Morgan fingerprint density at radius 1 is 1.00 bits per heavy atom. The first-order chi connectivity index (χ1) is 17.5. The van der Waals surface area contributed by atoms with Crippen molar-refractivity contribution in [2.24, 2.45) is 0 Å². The predicted octanol–water partition coefficient (Wildman–Crippen LogP) is 3.99. The minimum atomic E-state index is -0.880. The average molecular weight is 477 g/mol. The average Bonchev–Trinajstić information content (AvgIpc) is 3.45. The molecule has 5 rings (SSSR count). The fourth-order valence-corrected chi connectivity index (χ4v) is 4.72. The first kappa shape index (κ1) is 23.1. The zero-order valence-electron chi connectivity index (χ0n) is 19.6. The maximum absolute atomic E-state index is 13.5. The highest BCUT2D eigenvalue weighted by Gasteiger charge is 2.44. The summed E-state index contributed by atoms with van der Waals surface area (Å²) in [6, 6.07) is 24.8. The summed E-state index contributed by atoms with van der Waals surface area (Å²) in [5.74, 6) is -0.988. The first-order valence-corrected chi connectivity index (χ1v) is 11.8. The Kier molecular flexibility index (Phi) is 6.33. The third kappa shape index (κ3) is 4.49. The predicted molar refractivity (Wildman–Crippen MR) is 136 cm³/mol. The molecule has 36 heavy (non-hydrogen) atoms. The number of fused-ring (bicyclic) bond motifs is 1. The second kappa shape index (κ2) is 9.88. The maximum Gasteiger partial charge on any atom is 0.257 e. The van der Waals surface area contributed by atoms with Crippen LogP contribution in [0.5, 0.6) is 0 Å². The van der Waals surface area contributed by atoms with Crippen molar-refractivity contribution in [3.63, 3.8) is 0 Å². The number of hydrogen-bond acceptors (Lipinski definition) is 4. The quantitative estimate of drug-likeness (QED) is 0.408. The van der Waals surface area contributed by atoms with Gasteiger partial charge < -0.3 is 9.88 Å². The molecule has 4 aromatic rings. The van der Waals surface area contributed by atoms with E-state index in [0.717, 1.165) is 26.9 Å². The smallest absolute Gasteiger partial charge is 0.257 e. The molecule has 0 saturated carbocycles. The zero-order valence-corrected chi connectivity index (χ0v) is 19.6. The van der Waals surface area contributed by atoms with Crippen LogP contribution in [0, 0.1) is 11.3 Å². The van der Waals surface area contributed by atoms with Crippen LogP contribution in [0.4, 0.5) is 5.69 Å². The summed E-state index contributed by atoms with van der Waals surface area (Å²) in [6.07, 6.45) is 2.53. The van der Waals surface area contributed by atoms with E-state index in [1.807, 2.05) is 66.9 Å².